The molecule has 0 bridgehead atoms. The van der Waals surface area contributed by atoms with Gasteiger partial charge in [-0.2, -0.15) is 0 Å². The lowest BCUT2D eigenvalue weighted by atomic mass is 9.97. The number of benzene rings is 1. The van der Waals surface area contributed by atoms with Gasteiger partial charge in [-0.15, -0.1) is 0 Å². The van der Waals surface area contributed by atoms with Crippen LogP contribution >= 0.6 is 0 Å². The average molecular weight is 233 g/mol. The fourth-order valence-corrected chi connectivity index (χ4v) is 2.07. The summed E-state index contributed by atoms with van der Waals surface area (Å²) >= 11 is 0. The first kappa shape index (κ1) is 13.8. The molecule has 0 aliphatic rings. The van der Waals surface area contributed by atoms with Gasteiger partial charge in [0.2, 0.25) is 6.41 Å². The maximum atomic E-state index is 10.9. The number of nitrogens with zero attached hydrogens (tertiary/aromatic N) is 1. The Morgan fingerprint density at radius 2 is 1.82 bits per heavy atom. The van der Waals surface area contributed by atoms with Crippen molar-refractivity contribution in [3.8, 4) is 0 Å². The van der Waals surface area contributed by atoms with Gasteiger partial charge in [-0.1, -0.05) is 57.0 Å². The van der Waals surface area contributed by atoms with Gasteiger partial charge >= 0.3 is 0 Å². The Morgan fingerprint density at radius 3 is 2.35 bits per heavy atom. The second-order valence-corrected chi connectivity index (χ2v) is 5.02. The van der Waals surface area contributed by atoms with E-state index in [1.807, 2.05) is 25.2 Å². The zero-order chi connectivity index (χ0) is 12.7. The van der Waals surface area contributed by atoms with Crippen molar-refractivity contribution in [2.75, 3.05) is 7.05 Å². The van der Waals surface area contributed by atoms with Crippen molar-refractivity contribution in [3.63, 3.8) is 0 Å². The number of amides is 1. The Labute approximate surface area is 105 Å². The molecule has 0 heterocycles. The van der Waals surface area contributed by atoms with Crippen LogP contribution in [0.4, 0.5) is 0 Å². The second-order valence-electron chi connectivity index (χ2n) is 5.02. The van der Waals surface area contributed by atoms with E-state index in [2.05, 4.69) is 26.0 Å². The summed E-state index contributed by atoms with van der Waals surface area (Å²) in [6.07, 6.45) is 4.34. The molecule has 0 aliphatic heterocycles. The van der Waals surface area contributed by atoms with E-state index in [1.54, 1.807) is 4.90 Å². The maximum Gasteiger partial charge on any atom is 0.209 e. The standard InChI is InChI=1S/C15H23NO/c1-13(2)8-7-11-15(16(3)12-17)14-9-5-4-6-10-14/h4-6,9-10,12-13,15H,7-8,11H2,1-3H3/t15-/m0/s1. The van der Waals surface area contributed by atoms with Crippen LogP contribution in [0.1, 0.15) is 44.7 Å². The van der Waals surface area contributed by atoms with Crippen molar-refractivity contribution >= 4 is 6.41 Å². The lowest BCUT2D eigenvalue weighted by Crippen LogP contribution is -2.23. The van der Waals surface area contributed by atoms with E-state index in [0.29, 0.717) is 0 Å². The van der Waals surface area contributed by atoms with Crippen LogP contribution in [0.5, 0.6) is 0 Å². The second kappa shape index (κ2) is 7.10. The molecule has 0 fully saturated rings. The van der Waals surface area contributed by atoms with Gasteiger partial charge in [-0.3, -0.25) is 4.79 Å². The lowest BCUT2D eigenvalue weighted by molar-refractivity contribution is -0.119. The summed E-state index contributed by atoms with van der Waals surface area (Å²) in [6, 6.07) is 10.5. The Bertz CT molecular complexity index is 321. The highest BCUT2D eigenvalue weighted by atomic mass is 16.1. The molecule has 0 radical (unpaired) electrons. The van der Waals surface area contributed by atoms with E-state index >= 15 is 0 Å². The smallest absolute Gasteiger partial charge is 0.209 e. The Hall–Kier alpha value is -1.31. The minimum absolute atomic E-state index is 0.215. The Morgan fingerprint density at radius 1 is 1.18 bits per heavy atom. The zero-order valence-corrected chi connectivity index (χ0v) is 11.1. The van der Waals surface area contributed by atoms with Crippen LogP contribution in [-0.4, -0.2) is 18.4 Å². The van der Waals surface area contributed by atoms with Crippen molar-refractivity contribution in [1.29, 1.82) is 0 Å². The molecule has 1 aromatic rings. The molecule has 2 nitrogen and oxygen atoms in total. The molecule has 0 unspecified atom stereocenters. The highest BCUT2D eigenvalue weighted by Gasteiger charge is 2.15. The lowest BCUT2D eigenvalue weighted by Gasteiger charge is -2.25. The predicted molar refractivity (Wildman–Crippen MR) is 71.7 cm³/mol. The zero-order valence-electron chi connectivity index (χ0n) is 11.1. The first-order valence-electron chi connectivity index (χ1n) is 6.37. The van der Waals surface area contributed by atoms with Gasteiger partial charge in [0.1, 0.15) is 0 Å². The Balaban J connectivity index is 2.65. The fourth-order valence-electron chi connectivity index (χ4n) is 2.07. The minimum atomic E-state index is 0.215. The van der Waals surface area contributed by atoms with E-state index < -0.39 is 0 Å². The highest BCUT2D eigenvalue weighted by molar-refractivity contribution is 5.48. The molecule has 0 saturated carbocycles. The van der Waals surface area contributed by atoms with Gasteiger partial charge in [-0.25, -0.2) is 0 Å². The van der Waals surface area contributed by atoms with Crippen molar-refractivity contribution in [1.82, 2.24) is 4.90 Å². The number of hydrogen-bond acceptors (Lipinski definition) is 1. The summed E-state index contributed by atoms with van der Waals surface area (Å²) in [4.78, 5) is 12.7. The third kappa shape index (κ3) is 4.59. The molecule has 17 heavy (non-hydrogen) atoms. The fraction of sp³-hybridized carbons (Fsp3) is 0.533. The minimum Gasteiger partial charge on any atom is -0.341 e. The molecule has 0 spiro atoms. The molecule has 1 amide bonds. The SMILES string of the molecule is CC(C)CCC[C@@H](c1ccccc1)N(C)C=O. The van der Waals surface area contributed by atoms with E-state index in [-0.39, 0.29) is 6.04 Å². The van der Waals surface area contributed by atoms with Crippen LogP contribution in [0, 0.1) is 5.92 Å². The van der Waals surface area contributed by atoms with Gasteiger partial charge in [0.05, 0.1) is 6.04 Å². The highest BCUT2D eigenvalue weighted by Crippen LogP contribution is 2.24. The molecular formula is C15H23NO. The number of hydrogen-bond donors (Lipinski definition) is 0. The Kier molecular flexibility index (Phi) is 5.75. The van der Waals surface area contributed by atoms with Crippen LogP contribution in [0.25, 0.3) is 0 Å². The molecule has 0 saturated heterocycles. The van der Waals surface area contributed by atoms with Gasteiger partial charge in [0, 0.05) is 7.05 Å². The first-order chi connectivity index (χ1) is 8.15. The molecule has 0 aromatic heterocycles. The third-order valence-corrected chi connectivity index (χ3v) is 3.10. The number of rotatable bonds is 7. The summed E-state index contributed by atoms with van der Waals surface area (Å²) < 4.78 is 0. The van der Waals surface area contributed by atoms with E-state index in [9.17, 15) is 4.79 Å². The monoisotopic (exact) mass is 233 g/mol. The van der Waals surface area contributed by atoms with Gasteiger partial charge in [-0.05, 0) is 17.9 Å². The molecule has 1 aromatic carbocycles. The number of carbonyl (C=O) groups is 1. The van der Waals surface area contributed by atoms with Gasteiger partial charge in [0.15, 0.2) is 0 Å². The molecule has 0 N–H and O–H groups in total. The van der Waals surface area contributed by atoms with E-state index in [4.69, 9.17) is 0 Å². The van der Waals surface area contributed by atoms with Gasteiger partial charge < -0.3 is 4.90 Å². The van der Waals surface area contributed by atoms with Crippen molar-refractivity contribution in [3.05, 3.63) is 35.9 Å². The van der Waals surface area contributed by atoms with Crippen LogP contribution < -0.4 is 0 Å². The van der Waals surface area contributed by atoms with E-state index in [0.717, 1.165) is 25.2 Å². The summed E-state index contributed by atoms with van der Waals surface area (Å²) in [5.74, 6) is 0.730. The number of carbonyl (C=O) groups excluding carboxylic acids is 1. The molecule has 94 valence electrons. The molecule has 1 atom stereocenters. The summed E-state index contributed by atoms with van der Waals surface area (Å²) in [5.41, 5.74) is 1.23. The van der Waals surface area contributed by atoms with Crippen molar-refractivity contribution in [2.24, 2.45) is 5.92 Å². The van der Waals surface area contributed by atoms with Crippen LogP contribution in [0.2, 0.25) is 0 Å². The summed E-state index contributed by atoms with van der Waals surface area (Å²) in [6.45, 7) is 4.47. The first-order valence-corrected chi connectivity index (χ1v) is 6.37. The average Bonchev–Trinajstić information content (AvgIpc) is 2.34. The topological polar surface area (TPSA) is 20.3 Å². The molecule has 1 rings (SSSR count). The molecular weight excluding hydrogens is 210 g/mol. The quantitative estimate of drug-likeness (QED) is 0.658. The van der Waals surface area contributed by atoms with E-state index in [1.165, 1.54) is 12.0 Å². The van der Waals surface area contributed by atoms with Crippen LogP contribution in [0.3, 0.4) is 0 Å². The maximum absolute atomic E-state index is 10.9. The van der Waals surface area contributed by atoms with Crippen LogP contribution in [-0.2, 0) is 4.79 Å². The summed E-state index contributed by atoms with van der Waals surface area (Å²) in [7, 11) is 1.86. The third-order valence-electron chi connectivity index (χ3n) is 3.10. The normalized spacial score (nSPS) is 12.5. The molecule has 0 aliphatic carbocycles. The van der Waals surface area contributed by atoms with Crippen molar-refractivity contribution in [2.45, 2.75) is 39.2 Å². The summed E-state index contributed by atoms with van der Waals surface area (Å²) in [5, 5.41) is 0. The van der Waals surface area contributed by atoms with Crippen molar-refractivity contribution < 1.29 is 4.79 Å². The largest absolute Gasteiger partial charge is 0.341 e. The van der Waals surface area contributed by atoms with Gasteiger partial charge in [0.25, 0.3) is 0 Å². The predicted octanol–water partition coefficient (Wildman–Crippen LogP) is 3.64. The van der Waals surface area contributed by atoms with Crippen LogP contribution in [0.15, 0.2) is 30.3 Å². The molecule has 2 heteroatoms.